The maximum Gasteiger partial charge on any atom is 0.322 e. The third kappa shape index (κ3) is 4.82. The largest absolute Gasteiger partial charge is 0.424 e. The highest BCUT2D eigenvalue weighted by atomic mass is 35.5. The number of pyridine rings is 1. The second-order valence-corrected chi connectivity index (χ2v) is 9.59. The van der Waals surface area contributed by atoms with Crippen LogP contribution in [0.1, 0.15) is 11.3 Å². The van der Waals surface area contributed by atoms with Gasteiger partial charge in [-0.25, -0.2) is 9.97 Å². The van der Waals surface area contributed by atoms with E-state index in [1.807, 2.05) is 23.7 Å². The molecular formula is C29H21Cl2N7O2. The molecule has 0 aliphatic carbocycles. The average molecular weight is 570 g/mol. The minimum atomic E-state index is -0.354. The summed E-state index contributed by atoms with van der Waals surface area (Å²) in [5.41, 5.74) is 11.4. The SMILES string of the molecule is C=CC(=O)Nc1ccc(-c2c(-c3ccc(Oc4ncc(Cl)c(C)n4)cc3)c3c(N)ncc(C#N)c3n2C)c(Cl)c1. The van der Waals surface area contributed by atoms with Crippen LogP contribution < -0.4 is 15.8 Å². The molecule has 0 saturated heterocycles. The Hall–Kier alpha value is -4.91. The van der Waals surface area contributed by atoms with Crippen LogP contribution in [-0.2, 0) is 11.8 Å². The first-order valence-electron chi connectivity index (χ1n) is 11.9. The van der Waals surface area contributed by atoms with Crippen molar-refractivity contribution in [3.8, 4) is 40.2 Å². The first-order valence-corrected chi connectivity index (χ1v) is 12.6. The van der Waals surface area contributed by atoms with Crippen LogP contribution in [0.4, 0.5) is 11.5 Å². The summed E-state index contributed by atoms with van der Waals surface area (Å²) in [5.74, 6) is 0.423. The minimum absolute atomic E-state index is 0.169. The molecule has 9 nitrogen and oxygen atoms in total. The number of hydrogen-bond acceptors (Lipinski definition) is 7. The van der Waals surface area contributed by atoms with Gasteiger partial charge in [-0.3, -0.25) is 4.79 Å². The Morgan fingerprint density at radius 1 is 1.15 bits per heavy atom. The van der Waals surface area contributed by atoms with E-state index in [1.165, 1.54) is 18.5 Å². The van der Waals surface area contributed by atoms with Crippen molar-refractivity contribution in [1.29, 1.82) is 5.26 Å². The lowest BCUT2D eigenvalue weighted by molar-refractivity contribution is -0.111. The molecule has 0 fully saturated rings. The monoisotopic (exact) mass is 569 g/mol. The van der Waals surface area contributed by atoms with Gasteiger partial charge in [-0.05, 0) is 48.9 Å². The quantitative estimate of drug-likeness (QED) is 0.218. The molecule has 0 unspecified atom stereocenters. The number of aromatic nitrogens is 4. The van der Waals surface area contributed by atoms with Gasteiger partial charge >= 0.3 is 6.01 Å². The number of anilines is 2. The number of ether oxygens (including phenoxy) is 1. The number of amides is 1. The molecule has 0 aliphatic heterocycles. The van der Waals surface area contributed by atoms with E-state index in [9.17, 15) is 10.1 Å². The summed E-state index contributed by atoms with van der Waals surface area (Å²) < 4.78 is 7.69. The van der Waals surface area contributed by atoms with Gasteiger partial charge in [0, 0.05) is 30.1 Å². The number of nitrogens with one attached hydrogen (secondary N) is 1. The molecule has 0 aliphatic rings. The van der Waals surface area contributed by atoms with Gasteiger partial charge in [0.1, 0.15) is 17.6 Å². The Bertz CT molecular complexity index is 1860. The van der Waals surface area contributed by atoms with Crippen molar-refractivity contribution in [3.63, 3.8) is 0 Å². The number of fused-ring (bicyclic) bond motifs is 1. The number of hydrogen-bond donors (Lipinski definition) is 2. The van der Waals surface area contributed by atoms with Crippen LogP contribution in [0.3, 0.4) is 0 Å². The zero-order valence-electron chi connectivity index (χ0n) is 21.4. The van der Waals surface area contributed by atoms with E-state index in [-0.39, 0.29) is 17.7 Å². The smallest absolute Gasteiger partial charge is 0.322 e. The van der Waals surface area contributed by atoms with Crippen molar-refractivity contribution in [2.75, 3.05) is 11.1 Å². The second-order valence-electron chi connectivity index (χ2n) is 8.78. The third-order valence-electron chi connectivity index (χ3n) is 6.29. The number of nitrogen functional groups attached to an aromatic ring is 1. The van der Waals surface area contributed by atoms with Crippen molar-refractivity contribution in [3.05, 3.63) is 88.8 Å². The summed E-state index contributed by atoms with van der Waals surface area (Å²) >= 11 is 12.8. The van der Waals surface area contributed by atoms with E-state index in [1.54, 1.807) is 37.3 Å². The number of benzene rings is 2. The Labute approximate surface area is 239 Å². The van der Waals surface area contributed by atoms with E-state index in [0.717, 1.165) is 11.1 Å². The van der Waals surface area contributed by atoms with Crippen molar-refractivity contribution in [1.82, 2.24) is 19.5 Å². The van der Waals surface area contributed by atoms with E-state index in [2.05, 4.69) is 32.9 Å². The lowest BCUT2D eigenvalue weighted by Gasteiger charge is -2.13. The van der Waals surface area contributed by atoms with Crippen LogP contribution in [0.5, 0.6) is 11.8 Å². The highest BCUT2D eigenvalue weighted by Gasteiger charge is 2.24. The van der Waals surface area contributed by atoms with Gasteiger partial charge in [0.05, 0.1) is 44.1 Å². The number of nitriles is 1. The van der Waals surface area contributed by atoms with Crippen LogP contribution in [0.15, 0.2) is 67.5 Å². The molecular weight excluding hydrogens is 549 g/mol. The summed E-state index contributed by atoms with van der Waals surface area (Å²) in [7, 11) is 1.84. The van der Waals surface area contributed by atoms with Gasteiger partial charge in [0.2, 0.25) is 5.91 Å². The number of halogens is 2. The molecule has 3 aromatic heterocycles. The zero-order valence-corrected chi connectivity index (χ0v) is 22.9. The number of nitrogens with zero attached hydrogens (tertiary/aromatic N) is 5. The number of nitrogens with two attached hydrogens (primary N) is 1. The summed E-state index contributed by atoms with van der Waals surface area (Å²) in [6.07, 6.45) is 4.11. The summed E-state index contributed by atoms with van der Waals surface area (Å²) in [6, 6.07) is 14.8. The van der Waals surface area contributed by atoms with Crippen LogP contribution in [0.25, 0.3) is 33.3 Å². The van der Waals surface area contributed by atoms with Crippen molar-refractivity contribution >= 4 is 51.5 Å². The molecule has 5 rings (SSSR count). The summed E-state index contributed by atoms with van der Waals surface area (Å²) in [4.78, 5) is 24.4. The van der Waals surface area contributed by atoms with Crippen LogP contribution in [-0.4, -0.2) is 25.4 Å². The lowest BCUT2D eigenvalue weighted by Crippen LogP contribution is -2.07. The Balaban J connectivity index is 1.67. The molecule has 0 spiro atoms. The standard InChI is InChI=1S/C29H21Cl2N7O2/c1-4-23(39)37-18-7-10-20(21(30)11-18)27-24(25-26(38(27)3)17(12-32)13-34-28(25)33)16-5-8-19(9-6-16)40-29-35-14-22(31)15(2)36-29/h4-11,13-14H,1H2,2-3H3,(H2,33,34)(H,37,39). The second kappa shape index (κ2) is 10.7. The molecule has 11 heteroatoms. The molecule has 2 aromatic carbocycles. The summed E-state index contributed by atoms with van der Waals surface area (Å²) in [6.45, 7) is 5.24. The number of carbonyl (C=O) groups excluding carboxylic acids is 1. The van der Waals surface area contributed by atoms with E-state index in [0.29, 0.717) is 54.9 Å². The first-order chi connectivity index (χ1) is 19.2. The maximum atomic E-state index is 11.8. The summed E-state index contributed by atoms with van der Waals surface area (Å²) in [5, 5.41) is 14.0. The number of aryl methyl sites for hydroxylation is 2. The van der Waals surface area contributed by atoms with Gasteiger partial charge in [0.15, 0.2) is 0 Å². The molecule has 0 radical (unpaired) electrons. The zero-order chi connectivity index (χ0) is 28.6. The predicted molar refractivity (Wildman–Crippen MR) is 156 cm³/mol. The van der Waals surface area contributed by atoms with Gasteiger partial charge < -0.3 is 20.4 Å². The highest BCUT2D eigenvalue weighted by Crippen LogP contribution is 2.45. The molecule has 0 saturated carbocycles. The maximum absolute atomic E-state index is 11.8. The van der Waals surface area contributed by atoms with Crippen LogP contribution >= 0.6 is 23.2 Å². The molecule has 40 heavy (non-hydrogen) atoms. The van der Waals surface area contributed by atoms with Gasteiger partial charge in [0.25, 0.3) is 0 Å². The Kier molecular flexibility index (Phi) is 7.13. The molecule has 1 amide bonds. The van der Waals surface area contributed by atoms with Crippen LogP contribution in [0, 0.1) is 18.3 Å². The van der Waals surface area contributed by atoms with Crippen molar-refractivity contribution in [2.45, 2.75) is 6.92 Å². The minimum Gasteiger partial charge on any atom is -0.424 e. The Morgan fingerprint density at radius 2 is 1.90 bits per heavy atom. The van der Waals surface area contributed by atoms with E-state index >= 15 is 0 Å². The fourth-order valence-electron chi connectivity index (χ4n) is 4.44. The molecule has 3 N–H and O–H groups in total. The third-order valence-corrected chi connectivity index (χ3v) is 6.97. The molecule has 198 valence electrons. The topological polar surface area (TPSA) is 132 Å². The average Bonchev–Trinajstić information content (AvgIpc) is 3.25. The normalized spacial score (nSPS) is 10.8. The highest BCUT2D eigenvalue weighted by molar-refractivity contribution is 6.34. The number of rotatable bonds is 6. The van der Waals surface area contributed by atoms with E-state index < -0.39 is 0 Å². The number of carbonyl (C=O) groups is 1. The van der Waals surface area contributed by atoms with Gasteiger partial charge in [-0.15, -0.1) is 0 Å². The van der Waals surface area contributed by atoms with Gasteiger partial charge in [-0.2, -0.15) is 10.2 Å². The molecule has 0 atom stereocenters. The van der Waals surface area contributed by atoms with Crippen molar-refractivity contribution < 1.29 is 9.53 Å². The van der Waals surface area contributed by atoms with Crippen LogP contribution in [0.2, 0.25) is 10.0 Å². The fraction of sp³-hybridized carbons (Fsp3) is 0.0690. The predicted octanol–water partition coefficient (Wildman–Crippen LogP) is 6.68. The van der Waals surface area contributed by atoms with Gasteiger partial charge in [-0.1, -0.05) is 41.9 Å². The molecule has 5 aromatic rings. The fourth-order valence-corrected chi connectivity index (χ4v) is 4.80. The lowest BCUT2D eigenvalue weighted by atomic mass is 9.97. The Morgan fingerprint density at radius 3 is 2.55 bits per heavy atom. The first kappa shape index (κ1) is 26.7. The van der Waals surface area contributed by atoms with Crippen molar-refractivity contribution in [2.24, 2.45) is 7.05 Å². The molecule has 0 bridgehead atoms. The molecule has 3 heterocycles. The van der Waals surface area contributed by atoms with E-state index in [4.69, 9.17) is 33.7 Å².